The third-order valence-electron chi connectivity index (χ3n) is 7.42. The van der Waals surface area contributed by atoms with Gasteiger partial charge in [-0.05, 0) is 69.4 Å². The second kappa shape index (κ2) is 17.5. The number of halogens is 5. The predicted octanol–water partition coefficient (Wildman–Crippen LogP) is 8.51. The summed E-state index contributed by atoms with van der Waals surface area (Å²) in [5.41, 5.74) is 0.129. The van der Waals surface area contributed by atoms with Crippen LogP contribution in [0.2, 0.25) is 0 Å². The van der Waals surface area contributed by atoms with Crippen LogP contribution in [0.1, 0.15) is 78.8 Å². The van der Waals surface area contributed by atoms with E-state index in [9.17, 15) is 51.7 Å². The van der Waals surface area contributed by atoms with Crippen LogP contribution in [-0.2, 0) is 6.42 Å². The van der Waals surface area contributed by atoms with Crippen molar-refractivity contribution in [1.82, 2.24) is 0 Å². The number of phenols is 1. The topological polar surface area (TPSA) is 134 Å². The summed E-state index contributed by atoms with van der Waals surface area (Å²) in [4.78, 5) is 35.7. The summed E-state index contributed by atoms with van der Waals surface area (Å²) < 4.78 is 76.5. The molecule has 8 nitrogen and oxygen atoms in total. The summed E-state index contributed by atoms with van der Waals surface area (Å²) in [5, 5.41) is 29.4. The molecule has 0 saturated carbocycles. The Balaban J connectivity index is 1.65. The van der Waals surface area contributed by atoms with E-state index in [-0.39, 0.29) is 28.1 Å². The number of allylic oxidation sites excluding steroid dienone is 3. The normalized spacial score (nSPS) is 13.7. The number of aliphatic hydroxyl groups is 1. The maximum Gasteiger partial charge on any atom is 0.453 e. The summed E-state index contributed by atoms with van der Waals surface area (Å²) in [7, 11) is 0. The van der Waals surface area contributed by atoms with Crippen LogP contribution in [0.5, 0.6) is 11.5 Å². The second-order valence-electron chi connectivity index (χ2n) is 11.2. The maximum absolute atomic E-state index is 13.6. The molecule has 3 rings (SSSR count). The lowest BCUT2D eigenvalue weighted by molar-refractivity contribution is -0.285. The van der Waals surface area contributed by atoms with Crippen molar-refractivity contribution in [2.24, 2.45) is 0 Å². The summed E-state index contributed by atoms with van der Waals surface area (Å²) in [6.45, 7) is 3.68. The Hall–Kier alpha value is -4.17. The zero-order chi connectivity index (χ0) is 36.4. The van der Waals surface area contributed by atoms with E-state index in [2.05, 4.69) is 0 Å². The van der Waals surface area contributed by atoms with E-state index in [1.807, 2.05) is 6.92 Å². The summed E-state index contributed by atoms with van der Waals surface area (Å²) in [5.74, 6) is -6.88. The number of unbranched alkanes of at least 4 members (excludes halogenated alkanes) is 2. The Bertz CT molecular complexity index is 1730. The highest BCUT2D eigenvalue weighted by molar-refractivity contribution is 8.00. The van der Waals surface area contributed by atoms with E-state index in [1.54, 1.807) is 18.2 Å². The molecule has 0 aliphatic rings. The van der Waals surface area contributed by atoms with Crippen molar-refractivity contribution in [1.29, 1.82) is 0 Å². The van der Waals surface area contributed by atoms with Gasteiger partial charge in [-0.15, -0.1) is 11.8 Å². The molecular formula is C35H37F5O8S. The lowest BCUT2D eigenvalue weighted by Crippen LogP contribution is -2.37. The van der Waals surface area contributed by atoms with Crippen molar-refractivity contribution in [3.63, 3.8) is 0 Å². The first-order chi connectivity index (χ1) is 23.1. The number of hydrogen-bond acceptors (Lipinski definition) is 8. The van der Waals surface area contributed by atoms with Crippen LogP contribution in [0.25, 0.3) is 11.0 Å². The van der Waals surface area contributed by atoms with E-state index in [0.29, 0.717) is 48.5 Å². The summed E-state index contributed by atoms with van der Waals surface area (Å²) in [6.07, 6.45) is -0.232. The van der Waals surface area contributed by atoms with Crippen LogP contribution in [0, 0.1) is 0 Å². The van der Waals surface area contributed by atoms with Gasteiger partial charge in [-0.25, -0.2) is 4.79 Å². The van der Waals surface area contributed by atoms with Gasteiger partial charge in [-0.1, -0.05) is 37.6 Å². The highest BCUT2D eigenvalue weighted by Crippen LogP contribution is 2.40. The number of carboxylic acids is 1. The Morgan fingerprint density at radius 1 is 1.06 bits per heavy atom. The predicted molar refractivity (Wildman–Crippen MR) is 175 cm³/mol. The number of ketones is 1. The molecule has 1 heterocycles. The molecule has 0 aliphatic carbocycles. The highest BCUT2D eigenvalue weighted by Gasteiger charge is 2.56. The number of rotatable bonds is 18. The minimum Gasteiger partial charge on any atom is -0.507 e. The molecule has 14 heteroatoms. The number of benzene rings is 2. The number of hydrogen-bond donors (Lipinski definition) is 3. The molecule has 0 spiro atoms. The first-order valence-corrected chi connectivity index (χ1v) is 16.4. The average Bonchev–Trinajstić information content (AvgIpc) is 3.02. The maximum atomic E-state index is 13.6. The van der Waals surface area contributed by atoms with Crippen LogP contribution in [0.3, 0.4) is 0 Å². The van der Waals surface area contributed by atoms with Gasteiger partial charge in [-0.3, -0.25) is 9.59 Å². The Kier molecular flexibility index (Phi) is 14.0. The Morgan fingerprint density at radius 2 is 1.80 bits per heavy atom. The SMILES string of the molecule is CCCc1c(OCCCCC=CC=C[C@H](Sc2ccc3c(=O)cc(C(=O)O)oc3c2)[C@H](O)CCC(F)(F)C(F)(F)F)ccc(C(C)=O)c1O. The number of carbonyl (C=O) groups excluding carboxylic acids is 1. The molecule has 2 aromatic carbocycles. The van der Waals surface area contributed by atoms with E-state index < -0.39 is 53.5 Å². The third-order valence-corrected chi connectivity index (χ3v) is 8.69. The van der Waals surface area contributed by atoms with E-state index in [4.69, 9.17) is 9.15 Å². The van der Waals surface area contributed by atoms with Gasteiger partial charge in [-0.2, -0.15) is 22.0 Å². The number of aliphatic hydroxyl groups excluding tert-OH is 1. The number of carboxylic acid groups (broad SMARTS) is 1. The molecule has 2 atom stereocenters. The van der Waals surface area contributed by atoms with Crippen LogP contribution in [-0.4, -0.2) is 57.1 Å². The quantitative estimate of drug-likeness (QED) is 0.0390. The van der Waals surface area contributed by atoms with E-state index >= 15 is 0 Å². The van der Waals surface area contributed by atoms with Crippen molar-refractivity contribution in [2.45, 2.75) is 87.1 Å². The second-order valence-corrected chi connectivity index (χ2v) is 12.5. The zero-order valence-corrected chi connectivity index (χ0v) is 27.6. The van der Waals surface area contributed by atoms with Crippen LogP contribution in [0.4, 0.5) is 22.0 Å². The van der Waals surface area contributed by atoms with E-state index in [1.165, 1.54) is 43.3 Å². The van der Waals surface area contributed by atoms with Crippen molar-refractivity contribution < 1.29 is 56.0 Å². The molecule has 266 valence electrons. The number of carbonyl (C=O) groups is 2. The Labute approximate surface area is 283 Å². The van der Waals surface area contributed by atoms with Crippen molar-refractivity contribution >= 4 is 34.5 Å². The first-order valence-electron chi connectivity index (χ1n) is 15.5. The van der Waals surface area contributed by atoms with Gasteiger partial charge in [0, 0.05) is 22.9 Å². The molecule has 3 aromatic rings. The monoisotopic (exact) mass is 712 g/mol. The minimum absolute atomic E-state index is 0.0724. The van der Waals surface area contributed by atoms with Gasteiger partial charge in [0.05, 0.1) is 28.9 Å². The minimum atomic E-state index is -5.77. The lowest BCUT2D eigenvalue weighted by atomic mass is 10.0. The number of aromatic carboxylic acids is 1. The van der Waals surface area contributed by atoms with Crippen molar-refractivity contribution in [3.8, 4) is 11.5 Å². The molecule has 1 aromatic heterocycles. The summed E-state index contributed by atoms with van der Waals surface area (Å²) in [6, 6.07) is 8.16. The van der Waals surface area contributed by atoms with Crippen molar-refractivity contribution in [3.05, 3.63) is 87.8 Å². The molecule has 49 heavy (non-hydrogen) atoms. The van der Waals surface area contributed by atoms with Gasteiger partial charge in [0.2, 0.25) is 5.76 Å². The highest BCUT2D eigenvalue weighted by atomic mass is 32.2. The largest absolute Gasteiger partial charge is 0.507 e. The van der Waals surface area contributed by atoms with Crippen LogP contribution < -0.4 is 10.2 Å². The van der Waals surface area contributed by atoms with Gasteiger partial charge in [0.15, 0.2) is 11.2 Å². The van der Waals surface area contributed by atoms with Crippen molar-refractivity contribution in [2.75, 3.05) is 6.61 Å². The van der Waals surface area contributed by atoms with Crippen LogP contribution in [0.15, 0.2) is 74.8 Å². The van der Waals surface area contributed by atoms with Gasteiger partial charge in [0.25, 0.3) is 0 Å². The molecular weight excluding hydrogens is 675 g/mol. The molecule has 0 aliphatic heterocycles. The smallest absolute Gasteiger partial charge is 0.453 e. The number of thioether (sulfide) groups is 1. The molecule has 0 bridgehead atoms. The molecule has 0 unspecified atom stereocenters. The zero-order valence-electron chi connectivity index (χ0n) is 26.8. The molecule has 0 saturated heterocycles. The number of alkyl halides is 5. The number of ether oxygens (including phenoxy) is 1. The molecule has 0 amide bonds. The number of fused-ring (bicyclic) bond motifs is 1. The molecule has 3 N–H and O–H groups in total. The molecule has 0 radical (unpaired) electrons. The van der Waals surface area contributed by atoms with E-state index in [0.717, 1.165) is 24.2 Å². The lowest BCUT2D eigenvalue weighted by Gasteiger charge is -2.24. The fraction of sp³-hybridized carbons (Fsp3) is 0.400. The third kappa shape index (κ3) is 10.9. The van der Waals surface area contributed by atoms with Gasteiger partial charge < -0.3 is 24.5 Å². The number of Topliss-reactive ketones (excluding diaryl/α,β-unsaturated/α-hetero) is 1. The fourth-order valence-corrected chi connectivity index (χ4v) is 5.87. The number of phenolic OH excluding ortho intramolecular Hbond substituents is 1. The average molecular weight is 713 g/mol. The fourth-order valence-electron chi connectivity index (χ4n) is 4.78. The van der Waals surface area contributed by atoms with Gasteiger partial charge in [0.1, 0.15) is 17.1 Å². The Morgan fingerprint density at radius 3 is 2.45 bits per heavy atom. The standard InChI is InChI=1S/C35H37F5O8S/c1-3-10-25-28(15-14-23(21(2)41)32(25)44)47-18-9-7-5-4-6-8-11-31(26(42)16-17-34(36,37)35(38,39)40)49-22-12-13-24-27(43)20-30(33(45)46)48-29(24)19-22/h4,6,8,11-15,19-20,26,31,42,44H,3,5,7,9-10,16-18H2,1-2H3,(H,45,46)/t26-,31+/m1/s1. The summed E-state index contributed by atoms with van der Waals surface area (Å²) >= 11 is 0.911. The number of aromatic hydroxyl groups is 1. The van der Waals surface area contributed by atoms with Gasteiger partial charge >= 0.3 is 18.1 Å². The van der Waals surface area contributed by atoms with Crippen LogP contribution >= 0.6 is 11.8 Å². The first kappa shape index (κ1) is 39.3. The molecule has 0 fully saturated rings.